The summed E-state index contributed by atoms with van der Waals surface area (Å²) in [5, 5.41) is 6.80. The quantitative estimate of drug-likeness (QED) is 0.312. The Balaban J connectivity index is 0.00000220. The lowest BCUT2D eigenvalue weighted by Gasteiger charge is -2.18. The van der Waals surface area contributed by atoms with Crippen LogP contribution in [0.15, 0.2) is 35.3 Å². The molecule has 0 aromatic heterocycles. The van der Waals surface area contributed by atoms with Gasteiger partial charge in [0.25, 0.3) is 0 Å². The van der Waals surface area contributed by atoms with E-state index in [2.05, 4.69) is 53.7 Å². The maximum atomic E-state index is 4.67. The van der Waals surface area contributed by atoms with Gasteiger partial charge in [0, 0.05) is 13.1 Å². The Kier molecular flexibility index (Phi) is 8.73. The molecule has 0 amide bonds. The number of nitrogens with zero attached hydrogens (tertiary/aromatic N) is 1. The van der Waals surface area contributed by atoms with E-state index >= 15 is 0 Å². The van der Waals surface area contributed by atoms with Crippen molar-refractivity contribution in [1.29, 1.82) is 0 Å². The molecule has 1 unspecified atom stereocenters. The van der Waals surface area contributed by atoms with Crippen molar-refractivity contribution in [3.63, 3.8) is 0 Å². The van der Waals surface area contributed by atoms with Gasteiger partial charge >= 0.3 is 0 Å². The molecule has 1 fully saturated rings. The lowest BCUT2D eigenvalue weighted by Crippen LogP contribution is -2.38. The fraction of sp³-hybridized carbons (Fsp3) is 0.588. The van der Waals surface area contributed by atoms with Gasteiger partial charge in [0.2, 0.25) is 0 Å². The number of halogens is 1. The van der Waals surface area contributed by atoms with E-state index in [4.69, 9.17) is 0 Å². The molecule has 0 bridgehead atoms. The van der Waals surface area contributed by atoms with Crippen molar-refractivity contribution in [2.24, 2.45) is 10.9 Å². The Bertz CT molecular complexity index is 415. The molecular weight excluding hydrogens is 373 g/mol. The third kappa shape index (κ3) is 7.16. The number of guanidine groups is 1. The topological polar surface area (TPSA) is 36.4 Å². The molecule has 0 radical (unpaired) electrons. The van der Waals surface area contributed by atoms with E-state index in [0.717, 1.165) is 25.0 Å². The molecule has 1 saturated carbocycles. The third-order valence-corrected chi connectivity index (χ3v) is 3.73. The minimum Gasteiger partial charge on any atom is -0.357 e. The van der Waals surface area contributed by atoms with Gasteiger partial charge in [-0.1, -0.05) is 43.2 Å². The van der Waals surface area contributed by atoms with Gasteiger partial charge in [0.05, 0.1) is 6.04 Å². The second-order valence-electron chi connectivity index (χ2n) is 5.62. The fourth-order valence-corrected chi connectivity index (χ4v) is 2.33. The van der Waals surface area contributed by atoms with E-state index in [0.29, 0.717) is 0 Å². The molecule has 1 aromatic rings. The molecule has 0 spiro atoms. The van der Waals surface area contributed by atoms with Crippen LogP contribution in [0.25, 0.3) is 0 Å². The fourth-order valence-electron chi connectivity index (χ4n) is 2.33. The van der Waals surface area contributed by atoms with Crippen LogP contribution in [0.3, 0.4) is 0 Å². The normalized spacial score (nSPS) is 16.0. The number of nitrogens with one attached hydrogen (secondary N) is 2. The summed E-state index contributed by atoms with van der Waals surface area (Å²) in [4.78, 5) is 4.67. The van der Waals surface area contributed by atoms with Crippen LogP contribution in [-0.4, -0.2) is 19.0 Å². The maximum Gasteiger partial charge on any atom is 0.191 e. The van der Waals surface area contributed by atoms with Gasteiger partial charge < -0.3 is 10.6 Å². The molecule has 2 rings (SSSR count). The van der Waals surface area contributed by atoms with E-state index in [1.807, 2.05) is 6.07 Å². The molecule has 118 valence electrons. The summed E-state index contributed by atoms with van der Waals surface area (Å²) in [6.45, 7) is 6.10. The molecule has 1 aliphatic carbocycles. The summed E-state index contributed by atoms with van der Waals surface area (Å²) < 4.78 is 0. The number of hydrogen-bond donors (Lipinski definition) is 2. The Hall–Kier alpha value is -0.780. The highest BCUT2D eigenvalue weighted by atomic mass is 127. The summed E-state index contributed by atoms with van der Waals surface area (Å²) in [7, 11) is 0. The van der Waals surface area contributed by atoms with Crippen LogP contribution in [0.4, 0.5) is 0 Å². The van der Waals surface area contributed by atoms with Crippen LogP contribution >= 0.6 is 24.0 Å². The molecule has 1 aromatic carbocycles. The number of benzene rings is 1. The van der Waals surface area contributed by atoms with Crippen molar-refractivity contribution in [2.75, 3.05) is 13.1 Å². The van der Waals surface area contributed by atoms with Gasteiger partial charge in [-0.3, -0.25) is 4.99 Å². The van der Waals surface area contributed by atoms with Crippen LogP contribution in [0.2, 0.25) is 0 Å². The molecule has 21 heavy (non-hydrogen) atoms. The third-order valence-electron chi connectivity index (χ3n) is 3.73. The van der Waals surface area contributed by atoms with Crippen LogP contribution in [-0.2, 0) is 0 Å². The lowest BCUT2D eigenvalue weighted by atomic mass is 10.1. The first-order valence-corrected chi connectivity index (χ1v) is 7.89. The Labute approximate surface area is 146 Å². The first kappa shape index (κ1) is 18.3. The lowest BCUT2D eigenvalue weighted by molar-refractivity contribution is 0.657. The van der Waals surface area contributed by atoms with E-state index in [-0.39, 0.29) is 30.0 Å². The zero-order chi connectivity index (χ0) is 14.2. The van der Waals surface area contributed by atoms with E-state index in [1.165, 1.54) is 31.2 Å². The highest BCUT2D eigenvalue weighted by molar-refractivity contribution is 14.0. The number of rotatable bonds is 7. The molecule has 0 heterocycles. The Morgan fingerprint density at radius 1 is 1.29 bits per heavy atom. The monoisotopic (exact) mass is 401 g/mol. The zero-order valence-electron chi connectivity index (χ0n) is 13.1. The summed E-state index contributed by atoms with van der Waals surface area (Å²) in [6, 6.07) is 10.8. The van der Waals surface area contributed by atoms with Gasteiger partial charge in [-0.05, 0) is 38.2 Å². The molecule has 0 saturated heterocycles. The average molecular weight is 401 g/mol. The SMILES string of the molecule is CCNC(=NCCCC1CC1)NC(C)c1ccccc1.I. The van der Waals surface area contributed by atoms with Crippen molar-refractivity contribution in [2.45, 2.75) is 45.6 Å². The smallest absolute Gasteiger partial charge is 0.191 e. The van der Waals surface area contributed by atoms with Crippen molar-refractivity contribution < 1.29 is 0 Å². The average Bonchev–Trinajstić information content (AvgIpc) is 3.29. The molecule has 1 atom stereocenters. The standard InChI is InChI=1S/C17H27N3.HI/c1-3-18-17(19-13-7-8-15-11-12-15)20-14(2)16-9-5-4-6-10-16;/h4-6,9-10,14-15H,3,7-8,11-13H2,1-2H3,(H2,18,19,20);1H. The second kappa shape index (κ2) is 10.0. The van der Waals surface area contributed by atoms with Gasteiger partial charge in [0.15, 0.2) is 5.96 Å². The summed E-state index contributed by atoms with van der Waals surface area (Å²) in [5.41, 5.74) is 1.29. The largest absolute Gasteiger partial charge is 0.357 e. The van der Waals surface area contributed by atoms with Crippen LogP contribution in [0, 0.1) is 5.92 Å². The molecule has 3 nitrogen and oxygen atoms in total. The first-order valence-electron chi connectivity index (χ1n) is 7.89. The molecule has 4 heteroatoms. The molecule has 0 aliphatic heterocycles. The van der Waals surface area contributed by atoms with E-state index in [1.54, 1.807) is 0 Å². The van der Waals surface area contributed by atoms with Crippen molar-refractivity contribution >= 4 is 29.9 Å². The summed E-state index contributed by atoms with van der Waals surface area (Å²) in [5.74, 6) is 1.93. The van der Waals surface area contributed by atoms with Gasteiger partial charge in [-0.2, -0.15) is 0 Å². The molecule has 1 aliphatic rings. The Morgan fingerprint density at radius 2 is 2.00 bits per heavy atom. The van der Waals surface area contributed by atoms with Gasteiger partial charge in [-0.25, -0.2) is 0 Å². The van der Waals surface area contributed by atoms with Crippen LogP contribution in [0.1, 0.15) is 51.1 Å². The maximum absolute atomic E-state index is 4.67. The minimum absolute atomic E-state index is 0. The second-order valence-corrected chi connectivity index (χ2v) is 5.62. The highest BCUT2D eigenvalue weighted by Crippen LogP contribution is 2.33. The summed E-state index contributed by atoms with van der Waals surface area (Å²) in [6.07, 6.45) is 5.43. The van der Waals surface area contributed by atoms with E-state index in [9.17, 15) is 0 Å². The minimum atomic E-state index is 0. The van der Waals surface area contributed by atoms with E-state index < -0.39 is 0 Å². The van der Waals surface area contributed by atoms with Crippen molar-refractivity contribution in [3.8, 4) is 0 Å². The molecule has 2 N–H and O–H groups in total. The van der Waals surface area contributed by atoms with Crippen molar-refractivity contribution in [1.82, 2.24) is 10.6 Å². The summed E-state index contributed by atoms with van der Waals surface area (Å²) >= 11 is 0. The number of aliphatic imine (C=N–C) groups is 1. The number of hydrogen-bond acceptors (Lipinski definition) is 1. The van der Waals surface area contributed by atoms with Crippen molar-refractivity contribution in [3.05, 3.63) is 35.9 Å². The van der Waals surface area contributed by atoms with Crippen LogP contribution in [0.5, 0.6) is 0 Å². The zero-order valence-corrected chi connectivity index (χ0v) is 15.5. The predicted molar refractivity (Wildman–Crippen MR) is 101 cm³/mol. The Morgan fingerprint density at radius 3 is 2.62 bits per heavy atom. The molecular formula is C17H28IN3. The first-order chi connectivity index (χ1) is 9.79. The highest BCUT2D eigenvalue weighted by Gasteiger charge is 2.19. The van der Waals surface area contributed by atoms with Gasteiger partial charge in [0.1, 0.15) is 0 Å². The predicted octanol–water partition coefficient (Wildman–Crippen LogP) is 4.11. The van der Waals surface area contributed by atoms with Gasteiger partial charge in [-0.15, -0.1) is 24.0 Å². The van der Waals surface area contributed by atoms with Crippen LogP contribution < -0.4 is 10.6 Å².